The van der Waals surface area contributed by atoms with Crippen molar-refractivity contribution in [1.82, 2.24) is 4.72 Å². The van der Waals surface area contributed by atoms with Gasteiger partial charge in [-0.15, -0.1) is 9.53 Å². The maximum absolute atomic E-state index is 12.2. The van der Waals surface area contributed by atoms with E-state index in [-0.39, 0.29) is 24.2 Å². The topological polar surface area (TPSA) is 67.8 Å². The molecule has 0 aromatic carbocycles. The zero-order valence-corrected chi connectivity index (χ0v) is 10.2. The molecule has 2 heterocycles. The van der Waals surface area contributed by atoms with Crippen molar-refractivity contribution in [3.05, 3.63) is 0 Å². The normalized spacial score (nSPS) is 52.0. The summed E-state index contributed by atoms with van der Waals surface area (Å²) in [5, 5.41) is 0. The Hall–Kier alpha value is -0.0100. The Morgan fingerprint density at radius 2 is 2.06 bits per heavy atom. The van der Waals surface area contributed by atoms with Gasteiger partial charge in [0.05, 0.1) is 31.2 Å². The van der Waals surface area contributed by atoms with E-state index in [4.69, 9.17) is 9.47 Å². The van der Waals surface area contributed by atoms with Crippen molar-refractivity contribution in [1.29, 1.82) is 0 Å². The SMILES string of the molecule is CS1(=O)(O)CC2C(CCC3OCCOC32)N1. The van der Waals surface area contributed by atoms with E-state index >= 15 is 0 Å². The lowest BCUT2D eigenvalue weighted by molar-refractivity contribution is -0.173. The molecule has 0 aromatic heterocycles. The molecule has 3 aliphatic rings. The molecule has 16 heavy (non-hydrogen) atoms. The van der Waals surface area contributed by atoms with Gasteiger partial charge >= 0.3 is 0 Å². The minimum absolute atomic E-state index is 0.000880. The van der Waals surface area contributed by atoms with Crippen molar-refractivity contribution < 1.29 is 18.2 Å². The third kappa shape index (κ3) is 1.82. The Morgan fingerprint density at radius 3 is 2.88 bits per heavy atom. The molecule has 1 aliphatic carbocycles. The largest absolute Gasteiger partial charge is 0.373 e. The van der Waals surface area contributed by atoms with Crippen molar-refractivity contribution >= 4 is 9.53 Å². The maximum atomic E-state index is 12.2. The third-order valence-corrected chi connectivity index (χ3v) is 5.91. The van der Waals surface area contributed by atoms with E-state index in [1.807, 2.05) is 0 Å². The molecule has 94 valence electrons. The Labute approximate surface area is 95.2 Å². The van der Waals surface area contributed by atoms with Crippen LogP contribution in [-0.4, -0.2) is 52.2 Å². The lowest BCUT2D eigenvalue weighted by atomic mass is 9.81. The highest BCUT2D eigenvalue weighted by Crippen LogP contribution is 2.40. The van der Waals surface area contributed by atoms with Gasteiger partial charge in [0.25, 0.3) is 0 Å². The van der Waals surface area contributed by atoms with Crippen molar-refractivity contribution in [2.24, 2.45) is 5.92 Å². The summed E-state index contributed by atoms with van der Waals surface area (Å²) in [6.45, 7) is 1.25. The van der Waals surface area contributed by atoms with Crippen molar-refractivity contribution in [2.45, 2.75) is 31.1 Å². The van der Waals surface area contributed by atoms with Crippen LogP contribution in [0.15, 0.2) is 0 Å². The standard InChI is InChI=1S/C10H19NO4S/c1-16(12,13)6-7-8(11-16)2-3-9-10(7)15-5-4-14-9/h7-10H,2-6H2,1H3,(H2,11,12,13). The molecule has 0 aromatic rings. The van der Waals surface area contributed by atoms with Crippen molar-refractivity contribution in [3.63, 3.8) is 0 Å². The highest BCUT2D eigenvalue weighted by atomic mass is 32.3. The average molecular weight is 249 g/mol. The fourth-order valence-corrected chi connectivity index (χ4v) is 5.76. The summed E-state index contributed by atoms with van der Waals surface area (Å²) in [6.07, 6.45) is 3.37. The van der Waals surface area contributed by atoms with E-state index in [9.17, 15) is 8.76 Å². The molecule has 4 atom stereocenters. The molecule has 4 unspecified atom stereocenters. The van der Waals surface area contributed by atoms with E-state index in [0.29, 0.717) is 19.0 Å². The molecule has 2 saturated heterocycles. The van der Waals surface area contributed by atoms with Crippen LogP contribution >= 0.6 is 0 Å². The number of rotatable bonds is 0. The van der Waals surface area contributed by atoms with Crippen LogP contribution in [0.5, 0.6) is 0 Å². The minimum Gasteiger partial charge on any atom is -0.373 e. The highest BCUT2D eigenvalue weighted by molar-refractivity contribution is 8.13. The quantitative estimate of drug-likeness (QED) is 0.633. The molecule has 0 radical (unpaired) electrons. The summed E-state index contributed by atoms with van der Waals surface area (Å²) >= 11 is 0. The van der Waals surface area contributed by atoms with Gasteiger partial charge in [-0.3, -0.25) is 4.55 Å². The predicted octanol–water partition coefficient (Wildman–Crippen LogP) is -0.00990. The first-order chi connectivity index (χ1) is 7.42. The number of hydrogen-bond donors (Lipinski definition) is 2. The summed E-state index contributed by atoms with van der Waals surface area (Å²) in [5.41, 5.74) is 0. The number of ether oxygens (including phenoxy) is 2. The molecule has 2 aliphatic heterocycles. The zero-order valence-electron chi connectivity index (χ0n) is 9.43. The van der Waals surface area contributed by atoms with Crippen LogP contribution in [0.3, 0.4) is 0 Å². The van der Waals surface area contributed by atoms with Crippen LogP contribution < -0.4 is 4.72 Å². The van der Waals surface area contributed by atoms with Crippen molar-refractivity contribution in [3.8, 4) is 0 Å². The zero-order chi connectivity index (χ0) is 11.4. The van der Waals surface area contributed by atoms with Gasteiger partial charge in [-0.05, 0) is 12.8 Å². The van der Waals surface area contributed by atoms with Crippen LogP contribution in [0, 0.1) is 5.92 Å². The average Bonchev–Trinajstić information content (AvgIpc) is 2.48. The van der Waals surface area contributed by atoms with Crippen LogP contribution in [0.25, 0.3) is 0 Å². The molecule has 2 N–H and O–H groups in total. The minimum atomic E-state index is -3.60. The Balaban J connectivity index is 1.85. The van der Waals surface area contributed by atoms with E-state index in [0.717, 1.165) is 12.8 Å². The summed E-state index contributed by atoms with van der Waals surface area (Å²) < 4.78 is 36.5. The van der Waals surface area contributed by atoms with Gasteiger partial charge in [-0.25, -0.2) is 4.72 Å². The second kappa shape index (κ2) is 3.26. The highest BCUT2D eigenvalue weighted by Gasteiger charge is 2.51. The fraction of sp³-hybridized carbons (Fsp3) is 1.00. The van der Waals surface area contributed by atoms with E-state index < -0.39 is 9.53 Å². The molecule has 3 rings (SSSR count). The smallest absolute Gasteiger partial charge is 0.0896 e. The van der Waals surface area contributed by atoms with Gasteiger partial charge < -0.3 is 9.47 Å². The summed E-state index contributed by atoms with van der Waals surface area (Å²) in [4.78, 5) is 0. The van der Waals surface area contributed by atoms with Gasteiger partial charge in [0.1, 0.15) is 0 Å². The molecule has 5 nitrogen and oxygen atoms in total. The first-order valence-corrected chi connectivity index (χ1v) is 8.31. The number of hydrogen-bond acceptors (Lipinski definition) is 3. The lowest BCUT2D eigenvalue weighted by Gasteiger charge is -2.41. The van der Waals surface area contributed by atoms with E-state index in [1.165, 1.54) is 6.26 Å². The van der Waals surface area contributed by atoms with E-state index in [2.05, 4.69) is 4.72 Å². The Kier molecular flexibility index (Phi) is 2.26. The third-order valence-electron chi connectivity index (χ3n) is 3.83. The number of nitrogens with one attached hydrogen (secondary N) is 1. The molecular weight excluding hydrogens is 230 g/mol. The monoisotopic (exact) mass is 249 g/mol. The fourth-order valence-electron chi connectivity index (χ4n) is 3.27. The number of fused-ring (bicyclic) bond motifs is 3. The van der Waals surface area contributed by atoms with Gasteiger partial charge in [-0.2, -0.15) is 4.21 Å². The summed E-state index contributed by atoms with van der Waals surface area (Å²) in [6, 6.07) is 0.109. The van der Waals surface area contributed by atoms with Crippen molar-refractivity contribution in [2.75, 3.05) is 25.2 Å². The van der Waals surface area contributed by atoms with Crippen LogP contribution in [-0.2, 0) is 19.0 Å². The molecule has 3 fully saturated rings. The van der Waals surface area contributed by atoms with Crippen LogP contribution in [0.1, 0.15) is 12.8 Å². The first kappa shape index (κ1) is 11.1. The molecular formula is C10H19NO4S. The van der Waals surface area contributed by atoms with E-state index in [1.54, 1.807) is 0 Å². The Morgan fingerprint density at radius 1 is 1.31 bits per heavy atom. The lowest BCUT2D eigenvalue weighted by Crippen LogP contribution is -2.52. The molecule has 0 bridgehead atoms. The summed E-state index contributed by atoms with van der Waals surface area (Å²) in [5.74, 6) is 0.417. The van der Waals surface area contributed by atoms with Crippen LogP contribution in [0.2, 0.25) is 0 Å². The molecule has 6 heteroatoms. The molecule has 1 saturated carbocycles. The van der Waals surface area contributed by atoms with Gasteiger partial charge in [-0.1, -0.05) is 0 Å². The van der Waals surface area contributed by atoms with Gasteiger partial charge in [0.2, 0.25) is 0 Å². The van der Waals surface area contributed by atoms with Gasteiger partial charge in [0.15, 0.2) is 0 Å². The maximum Gasteiger partial charge on any atom is 0.0896 e. The Bertz CT molecular complexity index is 366. The second-order valence-corrected chi connectivity index (χ2v) is 8.89. The predicted molar refractivity (Wildman–Crippen MR) is 60.7 cm³/mol. The second-order valence-electron chi connectivity index (χ2n) is 5.36. The molecule has 0 spiro atoms. The first-order valence-electron chi connectivity index (χ1n) is 5.81. The summed E-state index contributed by atoms with van der Waals surface area (Å²) in [7, 11) is -3.60. The van der Waals surface area contributed by atoms with Gasteiger partial charge in [0, 0.05) is 18.2 Å². The molecule has 0 amide bonds. The van der Waals surface area contributed by atoms with Crippen LogP contribution in [0.4, 0.5) is 0 Å².